The van der Waals surface area contributed by atoms with Crippen LogP contribution < -0.4 is 9.64 Å². The number of carbonyl (C=O) groups excluding carboxylic acids is 2. The third kappa shape index (κ3) is 3.69. The summed E-state index contributed by atoms with van der Waals surface area (Å²) >= 11 is 0. The van der Waals surface area contributed by atoms with Gasteiger partial charge in [-0.25, -0.2) is 0 Å². The predicted octanol–water partition coefficient (Wildman–Crippen LogP) is 5.35. The second-order valence-corrected chi connectivity index (χ2v) is 8.13. The van der Waals surface area contributed by atoms with Gasteiger partial charge in [-0.1, -0.05) is 54.6 Å². The Morgan fingerprint density at radius 2 is 1.60 bits per heavy atom. The van der Waals surface area contributed by atoms with Crippen LogP contribution in [0.25, 0.3) is 16.5 Å². The molecule has 1 aliphatic heterocycles. The highest BCUT2D eigenvalue weighted by Gasteiger charge is 2.47. The Morgan fingerprint density at radius 1 is 0.914 bits per heavy atom. The third-order valence-corrected chi connectivity index (χ3v) is 6.18. The van der Waals surface area contributed by atoms with Crippen molar-refractivity contribution in [1.82, 2.24) is 0 Å². The molecule has 170 valence electrons. The van der Waals surface area contributed by atoms with Crippen LogP contribution >= 0.6 is 0 Å². The molecule has 0 radical (unpaired) electrons. The molecule has 0 aliphatic carbocycles. The fraction of sp³-hybridized carbons (Fsp3) is 0.0690. The molecule has 0 spiro atoms. The van der Waals surface area contributed by atoms with Crippen LogP contribution in [0.1, 0.15) is 22.7 Å². The van der Waals surface area contributed by atoms with Crippen LogP contribution in [0.3, 0.4) is 0 Å². The average Bonchev–Trinajstić information content (AvgIpc) is 3.17. The summed E-state index contributed by atoms with van der Waals surface area (Å²) in [6.07, 6.45) is 0. The first-order chi connectivity index (χ1) is 17.0. The first-order valence-corrected chi connectivity index (χ1v) is 11.0. The van der Waals surface area contributed by atoms with Gasteiger partial charge in [0.25, 0.3) is 11.7 Å². The van der Waals surface area contributed by atoms with Crippen LogP contribution in [-0.2, 0) is 9.59 Å². The molecule has 5 rings (SSSR count). The van der Waals surface area contributed by atoms with E-state index < -0.39 is 17.7 Å². The first-order valence-electron chi connectivity index (χ1n) is 11.0. The lowest BCUT2D eigenvalue weighted by atomic mass is 9.93. The molecule has 1 amide bonds. The number of rotatable bonds is 4. The number of ketones is 1. The fourth-order valence-corrected chi connectivity index (χ4v) is 4.47. The van der Waals surface area contributed by atoms with Crippen molar-refractivity contribution in [3.8, 4) is 11.8 Å². The monoisotopic (exact) mass is 460 g/mol. The van der Waals surface area contributed by atoms with Crippen LogP contribution in [0.2, 0.25) is 0 Å². The van der Waals surface area contributed by atoms with E-state index >= 15 is 0 Å². The molecular formula is C29H20N2O4. The maximum absolute atomic E-state index is 13.4. The standard InChI is InChI=1S/C29H20N2O4/c1-35-24-9-5-4-8-23(24)26-25(27(32)21-13-12-19-6-2-3-7-20(19)16-21)28(33)29(34)31(26)22-14-10-18(17-30)11-15-22/h2-16,26,32H,1H3/b27-25+. The molecule has 1 unspecified atom stereocenters. The second kappa shape index (κ2) is 8.81. The maximum atomic E-state index is 13.4. The number of anilines is 1. The van der Waals surface area contributed by atoms with Crippen molar-refractivity contribution >= 4 is 33.9 Å². The smallest absolute Gasteiger partial charge is 0.300 e. The molecule has 1 heterocycles. The molecule has 35 heavy (non-hydrogen) atoms. The number of Topliss-reactive ketones (excluding diaryl/α,β-unsaturated/α-hetero) is 1. The SMILES string of the molecule is COc1ccccc1C1/C(=C(\O)c2ccc3ccccc3c2)C(=O)C(=O)N1c1ccc(C#N)cc1. The fourth-order valence-electron chi connectivity index (χ4n) is 4.47. The first kappa shape index (κ1) is 21.9. The minimum absolute atomic E-state index is 0.0286. The van der Waals surface area contributed by atoms with Crippen molar-refractivity contribution in [1.29, 1.82) is 5.26 Å². The minimum Gasteiger partial charge on any atom is -0.507 e. The molecule has 1 fully saturated rings. The van der Waals surface area contributed by atoms with E-state index in [-0.39, 0.29) is 11.3 Å². The number of hydrogen-bond acceptors (Lipinski definition) is 5. The highest BCUT2D eigenvalue weighted by Crippen LogP contribution is 2.45. The molecule has 1 atom stereocenters. The van der Waals surface area contributed by atoms with Gasteiger partial charge in [0.2, 0.25) is 0 Å². The van der Waals surface area contributed by atoms with Crippen LogP contribution in [0, 0.1) is 11.3 Å². The van der Waals surface area contributed by atoms with Crippen molar-refractivity contribution in [2.24, 2.45) is 0 Å². The molecule has 4 aromatic carbocycles. The van der Waals surface area contributed by atoms with Crippen LogP contribution in [0.5, 0.6) is 5.75 Å². The van der Waals surface area contributed by atoms with E-state index in [4.69, 9.17) is 10.00 Å². The molecule has 1 aliphatic rings. The van der Waals surface area contributed by atoms with Crippen molar-refractivity contribution in [3.63, 3.8) is 0 Å². The zero-order valence-corrected chi connectivity index (χ0v) is 18.8. The number of para-hydroxylation sites is 1. The molecule has 4 aromatic rings. The summed E-state index contributed by atoms with van der Waals surface area (Å²) in [5.74, 6) is -1.35. The Morgan fingerprint density at radius 3 is 2.31 bits per heavy atom. The highest BCUT2D eigenvalue weighted by molar-refractivity contribution is 6.51. The van der Waals surface area contributed by atoms with E-state index in [1.807, 2.05) is 36.4 Å². The quantitative estimate of drug-likeness (QED) is 0.252. The molecular weight excluding hydrogens is 440 g/mol. The number of carbonyl (C=O) groups is 2. The lowest BCUT2D eigenvalue weighted by molar-refractivity contribution is -0.132. The van der Waals surface area contributed by atoms with Crippen molar-refractivity contribution in [2.45, 2.75) is 6.04 Å². The predicted molar refractivity (Wildman–Crippen MR) is 133 cm³/mol. The Hall–Kier alpha value is -4.89. The number of ether oxygens (including phenoxy) is 1. The van der Waals surface area contributed by atoms with E-state index in [0.717, 1.165) is 10.8 Å². The molecule has 0 aromatic heterocycles. The Kier molecular flexibility index (Phi) is 5.52. The summed E-state index contributed by atoms with van der Waals surface area (Å²) in [5.41, 5.74) is 1.82. The van der Waals surface area contributed by atoms with Gasteiger partial charge in [-0.05, 0) is 47.2 Å². The molecule has 6 heteroatoms. The van der Waals surface area contributed by atoms with Gasteiger partial charge in [-0.3, -0.25) is 14.5 Å². The summed E-state index contributed by atoms with van der Waals surface area (Å²) in [6, 6.07) is 27.7. The van der Waals surface area contributed by atoms with Crippen molar-refractivity contribution in [2.75, 3.05) is 12.0 Å². The number of hydrogen-bond donors (Lipinski definition) is 1. The Bertz CT molecular complexity index is 1550. The van der Waals surface area contributed by atoms with Gasteiger partial charge in [-0.2, -0.15) is 5.26 Å². The van der Waals surface area contributed by atoms with Crippen LogP contribution in [-0.4, -0.2) is 23.9 Å². The van der Waals surface area contributed by atoms with Crippen molar-refractivity contribution < 1.29 is 19.4 Å². The van der Waals surface area contributed by atoms with E-state index in [0.29, 0.717) is 28.1 Å². The average molecular weight is 460 g/mol. The number of aliphatic hydroxyl groups excluding tert-OH is 1. The van der Waals surface area contributed by atoms with Gasteiger partial charge in [0, 0.05) is 16.8 Å². The zero-order valence-electron chi connectivity index (χ0n) is 18.8. The van der Waals surface area contributed by atoms with Crippen LogP contribution in [0.4, 0.5) is 5.69 Å². The number of fused-ring (bicyclic) bond motifs is 1. The van der Waals surface area contributed by atoms with Crippen LogP contribution in [0.15, 0.2) is 96.6 Å². The van der Waals surface area contributed by atoms with Gasteiger partial charge in [0.15, 0.2) is 0 Å². The molecule has 0 bridgehead atoms. The summed E-state index contributed by atoms with van der Waals surface area (Å²) in [4.78, 5) is 28.0. The van der Waals surface area contributed by atoms with E-state index in [1.54, 1.807) is 60.7 Å². The molecule has 1 saturated heterocycles. The number of amides is 1. The summed E-state index contributed by atoms with van der Waals surface area (Å²) in [5, 5.41) is 22.5. The Balaban J connectivity index is 1.75. The maximum Gasteiger partial charge on any atom is 0.300 e. The van der Waals surface area contributed by atoms with Gasteiger partial charge in [0.05, 0.1) is 30.4 Å². The summed E-state index contributed by atoms with van der Waals surface area (Å²) in [6.45, 7) is 0. The van der Waals surface area contributed by atoms with Crippen molar-refractivity contribution in [3.05, 3.63) is 113 Å². The number of aliphatic hydroxyl groups is 1. The summed E-state index contributed by atoms with van der Waals surface area (Å²) < 4.78 is 5.54. The molecule has 6 nitrogen and oxygen atoms in total. The minimum atomic E-state index is -0.925. The largest absolute Gasteiger partial charge is 0.507 e. The zero-order chi connectivity index (χ0) is 24.5. The normalized spacial score (nSPS) is 16.9. The van der Waals surface area contributed by atoms with Gasteiger partial charge in [-0.15, -0.1) is 0 Å². The lowest BCUT2D eigenvalue weighted by Crippen LogP contribution is -2.29. The number of methoxy groups -OCH3 is 1. The van der Waals surface area contributed by atoms with E-state index in [2.05, 4.69) is 0 Å². The number of nitriles is 1. The van der Waals surface area contributed by atoms with Gasteiger partial charge in [0.1, 0.15) is 11.5 Å². The number of benzene rings is 4. The lowest BCUT2D eigenvalue weighted by Gasteiger charge is -2.26. The van der Waals surface area contributed by atoms with E-state index in [1.165, 1.54) is 12.0 Å². The highest BCUT2D eigenvalue weighted by atomic mass is 16.5. The molecule has 1 N–H and O–H groups in total. The third-order valence-electron chi connectivity index (χ3n) is 6.18. The summed E-state index contributed by atoms with van der Waals surface area (Å²) in [7, 11) is 1.51. The second-order valence-electron chi connectivity index (χ2n) is 8.13. The Labute approximate surface area is 201 Å². The van der Waals surface area contributed by atoms with Gasteiger partial charge < -0.3 is 9.84 Å². The number of nitrogens with zero attached hydrogens (tertiary/aromatic N) is 2. The molecule has 0 saturated carbocycles. The van der Waals surface area contributed by atoms with Gasteiger partial charge >= 0.3 is 0 Å². The van der Waals surface area contributed by atoms with E-state index in [9.17, 15) is 14.7 Å². The topological polar surface area (TPSA) is 90.6 Å².